The molecule has 158 valence electrons. The standard InChI is InChI=1S/C25H20ClN5O/c1-30-15-20(14-28-30)19-13-23-25(27-9-10-31(23)16-19)18-5-7-22(8-6-18)29-24(32)12-17-3-2-4-21(26)11-17/h2-11,13-16H,12H2,1H3,(H,29,32). The van der Waals surface area contributed by atoms with Crippen LogP contribution in [0.15, 0.2) is 85.6 Å². The van der Waals surface area contributed by atoms with Crippen molar-refractivity contribution >= 4 is 28.7 Å². The summed E-state index contributed by atoms with van der Waals surface area (Å²) in [6.07, 6.45) is 9.90. The normalized spacial score (nSPS) is 11.1. The van der Waals surface area contributed by atoms with E-state index in [1.165, 1.54) is 0 Å². The number of aryl methyl sites for hydroxylation is 1. The van der Waals surface area contributed by atoms with Gasteiger partial charge in [-0.2, -0.15) is 5.10 Å². The van der Waals surface area contributed by atoms with Crippen LogP contribution >= 0.6 is 11.6 Å². The molecule has 0 aliphatic rings. The number of hydrogen-bond donors (Lipinski definition) is 1. The predicted octanol–water partition coefficient (Wildman–Crippen LogP) is 5.24. The van der Waals surface area contributed by atoms with Crippen molar-refractivity contribution in [3.05, 3.63) is 96.2 Å². The van der Waals surface area contributed by atoms with Crippen LogP contribution in [0.2, 0.25) is 5.02 Å². The van der Waals surface area contributed by atoms with E-state index in [2.05, 4.69) is 32.1 Å². The maximum atomic E-state index is 12.4. The highest BCUT2D eigenvalue weighted by Gasteiger charge is 2.11. The van der Waals surface area contributed by atoms with Crippen LogP contribution in [0.25, 0.3) is 27.9 Å². The summed E-state index contributed by atoms with van der Waals surface area (Å²) in [4.78, 5) is 17.0. The van der Waals surface area contributed by atoms with Gasteiger partial charge in [0.15, 0.2) is 0 Å². The average molecular weight is 442 g/mol. The first-order chi connectivity index (χ1) is 15.5. The predicted molar refractivity (Wildman–Crippen MR) is 127 cm³/mol. The Hall–Kier alpha value is -3.90. The van der Waals surface area contributed by atoms with E-state index in [1.54, 1.807) is 23.0 Å². The molecule has 3 aromatic heterocycles. The van der Waals surface area contributed by atoms with Gasteiger partial charge in [0.2, 0.25) is 5.91 Å². The summed E-state index contributed by atoms with van der Waals surface area (Å²) in [5, 5.41) is 7.82. The van der Waals surface area contributed by atoms with Crippen LogP contribution in [0.1, 0.15) is 5.56 Å². The quantitative estimate of drug-likeness (QED) is 0.406. The van der Waals surface area contributed by atoms with Crippen molar-refractivity contribution in [3.63, 3.8) is 0 Å². The third kappa shape index (κ3) is 4.13. The molecule has 1 N–H and O–H groups in total. The third-order valence-electron chi connectivity index (χ3n) is 5.26. The second kappa shape index (κ2) is 8.32. The summed E-state index contributed by atoms with van der Waals surface area (Å²) in [6, 6.07) is 17.1. The number of anilines is 1. The number of halogens is 1. The summed E-state index contributed by atoms with van der Waals surface area (Å²) in [7, 11) is 1.90. The van der Waals surface area contributed by atoms with Crippen molar-refractivity contribution in [2.45, 2.75) is 6.42 Å². The van der Waals surface area contributed by atoms with Crippen molar-refractivity contribution in [1.29, 1.82) is 0 Å². The third-order valence-corrected chi connectivity index (χ3v) is 5.49. The first-order valence-corrected chi connectivity index (χ1v) is 10.5. The van der Waals surface area contributed by atoms with E-state index in [9.17, 15) is 4.79 Å². The average Bonchev–Trinajstić information content (AvgIpc) is 3.40. The summed E-state index contributed by atoms with van der Waals surface area (Å²) < 4.78 is 3.85. The molecule has 0 saturated carbocycles. The lowest BCUT2D eigenvalue weighted by atomic mass is 10.1. The van der Waals surface area contributed by atoms with Gasteiger partial charge >= 0.3 is 0 Å². The molecular weight excluding hydrogens is 422 g/mol. The zero-order valence-corrected chi connectivity index (χ0v) is 18.1. The monoisotopic (exact) mass is 441 g/mol. The van der Waals surface area contributed by atoms with Crippen molar-refractivity contribution in [2.75, 3.05) is 5.32 Å². The molecule has 0 saturated heterocycles. The molecule has 2 aromatic carbocycles. The Bertz CT molecular complexity index is 1420. The molecule has 0 bridgehead atoms. The number of benzene rings is 2. The molecule has 0 fully saturated rings. The summed E-state index contributed by atoms with van der Waals surface area (Å²) in [6.45, 7) is 0. The number of amides is 1. The van der Waals surface area contributed by atoms with Crippen LogP contribution < -0.4 is 5.32 Å². The first kappa shape index (κ1) is 20.0. The topological polar surface area (TPSA) is 64.2 Å². The molecule has 3 heterocycles. The summed E-state index contributed by atoms with van der Waals surface area (Å²) in [5.74, 6) is -0.0899. The number of nitrogens with one attached hydrogen (secondary N) is 1. The van der Waals surface area contributed by atoms with Gasteiger partial charge in [0.25, 0.3) is 0 Å². The Morgan fingerprint density at radius 2 is 1.88 bits per heavy atom. The first-order valence-electron chi connectivity index (χ1n) is 10.2. The fourth-order valence-electron chi connectivity index (χ4n) is 3.74. The van der Waals surface area contributed by atoms with Gasteiger partial charge in [-0.05, 0) is 35.9 Å². The fourth-order valence-corrected chi connectivity index (χ4v) is 3.95. The number of nitrogens with zero attached hydrogens (tertiary/aromatic N) is 4. The van der Waals surface area contributed by atoms with Crippen LogP contribution in [-0.2, 0) is 18.3 Å². The van der Waals surface area contributed by atoms with Crippen molar-refractivity contribution in [1.82, 2.24) is 19.2 Å². The molecule has 6 nitrogen and oxygen atoms in total. The molecule has 0 unspecified atom stereocenters. The molecule has 0 atom stereocenters. The highest BCUT2D eigenvalue weighted by atomic mass is 35.5. The number of fused-ring (bicyclic) bond motifs is 1. The molecule has 1 amide bonds. The van der Waals surface area contributed by atoms with Crippen LogP contribution in [0.4, 0.5) is 5.69 Å². The van der Waals surface area contributed by atoms with E-state index in [1.807, 2.05) is 62.0 Å². The van der Waals surface area contributed by atoms with Gasteiger partial charge in [0, 0.05) is 59.2 Å². The lowest BCUT2D eigenvalue weighted by Crippen LogP contribution is -2.14. The number of hydrogen-bond acceptors (Lipinski definition) is 3. The molecule has 5 rings (SSSR count). The van der Waals surface area contributed by atoms with Crippen LogP contribution in [0.5, 0.6) is 0 Å². The van der Waals surface area contributed by atoms with Gasteiger partial charge in [0.1, 0.15) is 0 Å². The molecule has 0 spiro atoms. The maximum absolute atomic E-state index is 12.4. The van der Waals surface area contributed by atoms with Crippen LogP contribution in [0, 0.1) is 0 Å². The molecule has 5 aromatic rings. The van der Waals surface area contributed by atoms with E-state index in [0.29, 0.717) is 5.02 Å². The van der Waals surface area contributed by atoms with Crippen molar-refractivity contribution in [3.8, 4) is 22.4 Å². The lowest BCUT2D eigenvalue weighted by molar-refractivity contribution is -0.115. The Labute approximate surface area is 190 Å². The van der Waals surface area contributed by atoms with Crippen molar-refractivity contribution in [2.24, 2.45) is 7.05 Å². The lowest BCUT2D eigenvalue weighted by Gasteiger charge is -2.08. The molecule has 0 aliphatic heterocycles. The second-order valence-electron chi connectivity index (χ2n) is 7.63. The highest BCUT2D eigenvalue weighted by molar-refractivity contribution is 6.30. The Balaban J connectivity index is 1.36. The van der Waals surface area contributed by atoms with Gasteiger partial charge in [-0.25, -0.2) is 0 Å². The van der Waals surface area contributed by atoms with Gasteiger partial charge in [-0.15, -0.1) is 0 Å². The highest BCUT2D eigenvalue weighted by Crippen LogP contribution is 2.29. The van der Waals surface area contributed by atoms with E-state index in [0.717, 1.165) is 39.2 Å². The zero-order chi connectivity index (χ0) is 22.1. The van der Waals surface area contributed by atoms with Gasteiger partial charge in [-0.1, -0.05) is 35.9 Å². The molecule has 7 heteroatoms. The smallest absolute Gasteiger partial charge is 0.228 e. The minimum Gasteiger partial charge on any atom is -0.326 e. The van der Waals surface area contributed by atoms with Gasteiger partial charge in [0.05, 0.1) is 23.8 Å². The number of carbonyl (C=O) groups is 1. The minimum atomic E-state index is -0.0899. The second-order valence-corrected chi connectivity index (χ2v) is 8.07. The summed E-state index contributed by atoms with van der Waals surface area (Å²) in [5.41, 5.74) is 6.60. The van der Waals surface area contributed by atoms with E-state index in [-0.39, 0.29) is 12.3 Å². The van der Waals surface area contributed by atoms with Crippen LogP contribution in [-0.4, -0.2) is 25.1 Å². The molecule has 0 aliphatic carbocycles. The molecule has 32 heavy (non-hydrogen) atoms. The number of rotatable bonds is 5. The zero-order valence-electron chi connectivity index (χ0n) is 17.4. The van der Waals surface area contributed by atoms with Gasteiger partial charge < -0.3 is 9.72 Å². The largest absolute Gasteiger partial charge is 0.326 e. The van der Waals surface area contributed by atoms with E-state index in [4.69, 9.17) is 11.6 Å². The van der Waals surface area contributed by atoms with E-state index >= 15 is 0 Å². The number of aromatic nitrogens is 4. The SMILES string of the molecule is Cn1cc(-c2cc3c(-c4ccc(NC(=O)Cc5cccc(Cl)c5)cc4)nccn3c2)cn1. The Morgan fingerprint density at radius 1 is 1.03 bits per heavy atom. The van der Waals surface area contributed by atoms with Crippen molar-refractivity contribution < 1.29 is 4.79 Å². The Kier molecular flexibility index (Phi) is 5.21. The molecular formula is C25H20ClN5O. The van der Waals surface area contributed by atoms with E-state index < -0.39 is 0 Å². The fraction of sp³-hybridized carbons (Fsp3) is 0.0800. The van der Waals surface area contributed by atoms with Crippen LogP contribution in [0.3, 0.4) is 0 Å². The molecule has 0 radical (unpaired) electrons. The summed E-state index contributed by atoms with van der Waals surface area (Å²) >= 11 is 6.00. The number of carbonyl (C=O) groups excluding carboxylic acids is 1. The maximum Gasteiger partial charge on any atom is 0.228 e. The van der Waals surface area contributed by atoms with Gasteiger partial charge in [-0.3, -0.25) is 14.5 Å². The Morgan fingerprint density at radius 3 is 2.62 bits per heavy atom. The minimum absolute atomic E-state index is 0.0899.